The van der Waals surface area contributed by atoms with Gasteiger partial charge in [0.2, 0.25) is 5.91 Å². The second-order valence-electron chi connectivity index (χ2n) is 13.9. The molecule has 7 rings (SSSR count). The number of hydrogen-bond donors (Lipinski definition) is 1. The van der Waals surface area contributed by atoms with Gasteiger partial charge in [0.1, 0.15) is 11.6 Å². The summed E-state index contributed by atoms with van der Waals surface area (Å²) in [5.74, 6) is 0.236. The van der Waals surface area contributed by atoms with Crippen molar-refractivity contribution in [2.24, 2.45) is 16.7 Å². The van der Waals surface area contributed by atoms with Crippen molar-refractivity contribution in [3.63, 3.8) is 0 Å². The van der Waals surface area contributed by atoms with Crippen LogP contribution in [0.25, 0.3) is 0 Å². The van der Waals surface area contributed by atoms with Crippen LogP contribution in [0.2, 0.25) is 0 Å². The molecule has 40 heavy (non-hydrogen) atoms. The average molecular weight is 552 g/mol. The van der Waals surface area contributed by atoms with E-state index in [9.17, 15) is 9.59 Å². The first-order valence-electron chi connectivity index (χ1n) is 16.1. The monoisotopic (exact) mass is 551 g/mol. The molecule has 0 radical (unpaired) electrons. The number of ketones is 1. The fourth-order valence-electron chi connectivity index (χ4n) is 10.5. The summed E-state index contributed by atoms with van der Waals surface area (Å²) < 4.78 is 22.6. The number of ether oxygens (including phenoxy) is 1. The van der Waals surface area contributed by atoms with Gasteiger partial charge in [-0.05, 0) is 94.9 Å². The minimum Gasteiger partial charge on any atom is -0.380 e. The molecule has 1 aromatic rings. The number of hydrogen-bond acceptors (Lipinski definition) is 5. The smallest absolute Gasteiger partial charge is 0.227 e. The van der Waals surface area contributed by atoms with Crippen molar-refractivity contribution < 1.29 is 18.7 Å². The number of nitrogens with zero attached hydrogens (tertiary/aromatic N) is 2. The minimum absolute atomic E-state index is 0.00836. The van der Waals surface area contributed by atoms with Gasteiger partial charge >= 0.3 is 0 Å². The van der Waals surface area contributed by atoms with E-state index >= 15 is 4.39 Å². The Morgan fingerprint density at radius 2 is 1.88 bits per heavy atom. The molecule has 4 aliphatic heterocycles. The standard InChI is InChI=1S/C33H46FN3O3/c1-23-6-5-17-37(23)25-11-18-36(21-25)27-10-9-24(20-26(27)34)33(22-40-19-15-32(33)14-16-35-30(32)39)28-7-2-3-12-31(28)13-4-8-29(31)38/h9-10,20,23,25,28H,2-8,11-19,21-22H2,1H3,(H,35,39)/t23-,25-,28?,31?,32?,33?/m0/s1. The molecule has 4 heterocycles. The quantitative estimate of drug-likeness (QED) is 0.572. The first-order valence-corrected chi connectivity index (χ1v) is 16.1. The van der Waals surface area contributed by atoms with Gasteiger partial charge in [-0.1, -0.05) is 18.9 Å². The minimum atomic E-state index is -0.704. The highest BCUT2D eigenvalue weighted by Gasteiger charge is 2.68. The Bertz CT molecular complexity index is 1180. The van der Waals surface area contributed by atoms with Crippen LogP contribution in [-0.4, -0.2) is 68.1 Å². The summed E-state index contributed by atoms with van der Waals surface area (Å²) in [5, 5.41) is 3.15. The molecule has 6 atom stereocenters. The average Bonchev–Trinajstić information content (AvgIpc) is 3.75. The number of halogens is 1. The molecule has 4 saturated heterocycles. The Kier molecular flexibility index (Phi) is 6.77. The third kappa shape index (κ3) is 3.78. The van der Waals surface area contributed by atoms with E-state index in [-0.39, 0.29) is 17.6 Å². The molecule has 1 aromatic carbocycles. The zero-order valence-corrected chi connectivity index (χ0v) is 24.2. The molecule has 6 fully saturated rings. The zero-order chi connectivity index (χ0) is 27.5. The molecule has 4 unspecified atom stereocenters. The van der Waals surface area contributed by atoms with E-state index in [1.54, 1.807) is 6.07 Å². The van der Waals surface area contributed by atoms with Crippen LogP contribution in [0.3, 0.4) is 0 Å². The van der Waals surface area contributed by atoms with Crippen LogP contribution < -0.4 is 10.2 Å². The molecule has 1 N–H and O–H groups in total. The van der Waals surface area contributed by atoms with E-state index in [2.05, 4.69) is 28.1 Å². The van der Waals surface area contributed by atoms with Gasteiger partial charge in [-0.25, -0.2) is 4.39 Å². The maximum atomic E-state index is 16.3. The summed E-state index contributed by atoms with van der Waals surface area (Å²) in [6, 6.07) is 6.91. The number of amides is 1. The van der Waals surface area contributed by atoms with Crippen molar-refractivity contribution in [3.8, 4) is 0 Å². The summed E-state index contributed by atoms with van der Waals surface area (Å²) >= 11 is 0. The molecule has 2 aliphatic carbocycles. The molecular weight excluding hydrogens is 505 g/mol. The van der Waals surface area contributed by atoms with Gasteiger partial charge in [0, 0.05) is 55.6 Å². The lowest BCUT2D eigenvalue weighted by atomic mass is 9.44. The van der Waals surface area contributed by atoms with Crippen LogP contribution in [0.5, 0.6) is 0 Å². The van der Waals surface area contributed by atoms with Crippen LogP contribution in [0.15, 0.2) is 18.2 Å². The Balaban J connectivity index is 1.30. The lowest BCUT2D eigenvalue weighted by Crippen LogP contribution is -2.64. The first-order chi connectivity index (χ1) is 19.4. The Hall–Kier alpha value is -1.99. The molecule has 1 amide bonds. The third-order valence-electron chi connectivity index (χ3n) is 12.4. The van der Waals surface area contributed by atoms with Crippen LogP contribution in [-0.2, 0) is 19.7 Å². The summed E-state index contributed by atoms with van der Waals surface area (Å²) in [6.07, 6.45) is 11.3. The highest BCUT2D eigenvalue weighted by molar-refractivity contribution is 5.90. The van der Waals surface area contributed by atoms with Crippen molar-refractivity contribution in [2.75, 3.05) is 44.3 Å². The van der Waals surface area contributed by atoms with Gasteiger partial charge in [0.15, 0.2) is 0 Å². The predicted octanol–water partition coefficient (Wildman–Crippen LogP) is 4.98. The van der Waals surface area contributed by atoms with Crippen molar-refractivity contribution in [1.29, 1.82) is 0 Å². The highest BCUT2D eigenvalue weighted by atomic mass is 19.1. The van der Waals surface area contributed by atoms with Gasteiger partial charge in [-0.3, -0.25) is 14.5 Å². The number of rotatable bonds is 4. The fourth-order valence-corrected chi connectivity index (χ4v) is 10.5. The molecule has 2 spiro atoms. The second kappa shape index (κ2) is 10.1. The van der Waals surface area contributed by atoms with E-state index in [0.29, 0.717) is 56.2 Å². The van der Waals surface area contributed by atoms with Crippen LogP contribution in [0.1, 0.15) is 89.5 Å². The number of Topliss-reactive ketones (excluding diaryl/α,β-unsaturated/α-hetero) is 1. The zero-order valence-electron chi connectivity index (χ0n) is 24.2. The van der Waals surface area contributed by atoms with E-state index in [1.165, 1.54) is 12.8 Å². The summed E-state index contributed by atoms with van der Waals surface area (Å²) in [5.41, 5.74) is -0.240. The van der Waals surface area contributed by atoms with Crippen LogP contribution in [0, 0.1) is 22.6 Å². The molecule has 0 bridgehead atoms. The van der Waals surface area contributed by atoms with Crippen LogP contribution >= 0.6 is 0 Å². The maximum absolute atomic E-state index is 16.3. The SMILES string of the molecule is C[C@H]1CCCN1[C@H]1CCN(c2ccc(C3(C4CCCCC45CCCC5=O)COCCC34CCNC4=O)cc2F)C1. The highest BCUT2D eigenvalue weighted by Crippen LogP contribution is 2.65. The topological polar surface area (TPSA) is 61.9 Å². The lowest BCUT2D eigenvalue weighted by Gasteiger charge is -2.59. The number of likely N-dealkylation sites (tertiary alicyclic amines) is 1. The normalized spacial score (nSPS) is 40.5. The van der Waals surface area contributed by atoms with E-state index in [4.69, 9.17) is 4.74 Å². The molecular formula is C33H46FN3O3. The van der Waals surface area contributed by atoms with Crippen molar-refractivity contribution in [2.45, 2.75) is 101 Å². The number of benzene rings is 1. The number of carbonyl (C=O) groups excluding carboxylic acids is 2. The first kappa shape index (κ1) is 26.9. The Morgan fingerprint density at radius 3 is 2.60 bits per heavy atom. The maximum Gasteiger partial charge on any atom is 0.227 e. The lowest BCUT2D eigenvalue weighted by molar-refractivity contribution is -0.163. The Labute approximate surface area is 238 Å². The summed E-state index contributed by atoms with van der Waals surface area (Å²) in [7, 11) is 0. The van der Waals surface area contributed by atoms with Gasteiger partial charge in [-0.15, -0.1) is 0 Å². The van der Waals surface area contributed by atoms with E-state index < -0.39 is 16.2 Å². The van der Waals surface area contributed by atoms with Crippen molar-refractivity contribution in [1.82, 2.24) is 10.2 Å². The predicted molar refractivity (Wildman–Crippen MR) is 153 cm³/mol. The summed E-state index contributed by atoms with van der Waals surface area (Å²) in [6.45, 7) is 6.75. The van der Waals surface area contributed by atoms with Gasteiger partial charge in [0.05, 0.1) is 17.7 Å². The number of anilines is 1. The third-order valence-corrected chi connectivity index (χ3v) is 12.4. The molecule has 6 aliphatic rings. The van der Waals surface area contributed by atoms with E-state index in [0.717, 1.165) is 76.6 Å². The largest absolute Gasteiger partial charge is 0.380 e. The van der Waals surface area contributed by atoms with Gasteiger partial charge in [-0.2, -0.15) is 0 Å². The summed E-state index contributed by atoms with van der Waals surface area (Å²) in [4.78, 5) is 32.4. The van der Waals surface area contributed by atoms with E-state index in [1.807, 2.05) is 6.07 Å². The van der Waals surface area contributed by atoms with Gasteiger partial charge in [0.25, 0.3) is 0 Å². The molecule has 218 valence electrons. The molecule has 6 nitrogen and oxygen atoms in total. The molecule has 7 heteroatoms. The van der Waals surface area contributed by atoms with Crippen molar-refractivity contribution >= 4 is 17.4 Å². The second-order valence-corrected chi connectivity index (χ2v) is 13.9. The molecule has 0 aromatic heterocycles. The van der Waals surface area contributed by atoms with Crippen LogP contribution in [0.4, 0.5) is 10.1 Å². The number of carbonyl (C=O) groups is 2. The fraction of sp³-hybridized carbons (Fsp3) is 0.758. The number of nitrogens with one attached hydrogen (secondary N) is 1. The van der Waals surface area contributed by atoms with Gasteiger partial charge < -0.3 is 15.0 Å². The molecule has 2 saturated carbocycles. The van der Waals surface area contributed by atoms with Crippen molar-refractivity contribution in [3.05, 3.63) is 29.6 Å². The Morgan fingerprint density at radius 1 is 1.00 bits per heavy atom.